The van der Waals surface area contributed by atoms with Crippen molar-refractivity contribution in [3.8, 4) is 0 Å². The molecule has 0 aliphatic heterocycles. The molecule has 1 unspecified atom stereocenters. The van der Waals surface area contributed by atoms with Gasteiger partial charge in [0.1, 0.15) is 5.82 Å². The number of rotatable bonds is 3. The van der Waals surface area contributed by atoms with Gasteiger partial charge in [-0.15, -0.1) is 0 Å². The Bertz CT molecular complexity index is 374. The molecule has 0 bridgehead atoms. The standard InChI is InChI=1S/C14H19ClFN/c15-12-8-4-7-11(14(12)16)13(17)9-10-5-2-1-3-6-10/h4,7-8,10,13H,1-3,5-6,9,17H2. The fraction of sp³-hybridized carbons (Fsp3) is 0.571. The van der Waals surface area contributed by atoms with Crippen LogP contribution in [0.1, 0.15) is 50.1 Å². The molecule has 17 heavy (non-hydrogen) atoms. The van der Waals surface area contributed by atoms with Gasteiger partial charge in [0, 0.05) is 11.6 Å². The van der Waals surface area contributed by atoms with Crippen LogP contribution in [0.5, 0.6) is 0 Å². The number of nitrogens with two attached hydrogens (primary N) is 1. The third-order valence-corrected chi connectivity index (χ3v) is 3.98. The maximum atomic E-state index is 13.8. The lowest BCUT2D eigenvalue weighted by atomic mass is 9.83. The van der Waals surface area contributed by atoms with Crippen LogP contribution in [0, 0.1) is 11.7 Å². The van der Waals surface area contributed by atoms with E-state index in [1.54, 1.807) is 18.2 Å². The summed E-state index contributed by atoms with van der Waals surface area (Å²) >= 11 is 5.77. The van der Waals surface area contributed by atoms with Crippen molar-refractivity contribution in [1.82, 2.24) is 0 Å². The van der Waals surface area contributed by atoms with Crippen molar-refractivity contribution < 1.29 is 4.39 Å². The van der Waals surface area contributed by atoms with Gasteiger partial charge in [0.15, 0.2) is 0 Å². The molecule has 1 fully saturated rings. The van der Waals surface area contributed by atoms with Crippen molar-refractivity contribution in [1.29, 1.82) is 0 Å². The number of benzene rings is 1. The average Bonchev–Trinajstić information content (AvgIpc) is 2.34. The first-order valence-corrected chi connectivity index (χ1v) is 6.75. The topological polar surface area (TPSA) is 26.0 Å². The fourth-order valence-electron chi connectivity index (χ4n) is 2.72. The second-order valence-electron chi connectivity index (χ2n) is 4.99. The number of hydrogen-bond donors (Lipinski definition) is 1. The van der Waals surface area contributed by atoms with Gasteiger partial charge in [0.2, 0.25) is 0 Å². The summed E-state index contributed by atoms with van der Waals surface area (Å²) in [5, 5.41) is 0.168. The molecule has 0 radical (unpaired) electrons. The quantitative estimate of drug-likeness (QED) is 0.849. The van der Waals surface area contributed by atoms with E-state index in [-0.39, 0.29) is 16.9 Å². The van der Waals surface area contributed by atoms with Gasteiger partial charge in [-0.2, -0.15) is 0 Å². The first-order valence-electron chi connectivity index (χ1n) is 6.38. The van der Waals surface area contributed by atoms with Crippen LogP contribution in [0.3, 0.4) is 0 Å². The van der Waals surface area contributed by atoms with E-state index < -0.39 is 0 Å². The summed E-state index contributed by atoms with van der Waals surface area (Å²) in [6, 6.07) is 4.85. The van der Waals surface area contributed by atoms with Gasteiger partial charge in [0.25, 0.3) is 0 Å². The summed E-state index contributed by atoms with van der Waals surface area (Å²) in [6.07, 6.45) is 7.24. The van der Waals surface area contributed by atoms with E-state index in [1.165, 1.54) is 32.1 Å². The molecule has 0 heterocycles. The number of halogens is 2. The lowest BCUT2D eigenvalue weighted by Gasteiger charge is -2.25. The molecule has 0 saturated heterocycles. The maximum absolute atomic E-state index is 13.8. The Morgan fingerprint density at radius 3 is 2.71 bits per heavy atom. The van der Waals surface area contributed by atoms with Crippen molar-refractivity contribution in [2.24, 2.45) is 11.7 Å². The van der Waals surface area contributed by atoms with Crippen molar-refractivity contribution >= 4 is 11.6 Å². The van der Waals surface area contributed by atoms with Gasteiger partial charge in [-0.1, -0.05) is 55.8 Å². The Morgan fingerprint density at radius 2 is 2.00 bits per heavy atom. The van der Waals surface area contributed by atoms with E-state index in [4.69, 9.17) is 17.3 Å². The van der Waals surface area contributed by atoms with Crippen LogP contribution < -0.4 is 5.73 Å². The smallest absolute Gasteiger partial charge is 0.146 e. The van der Waals surface area contributed by atoms with Gasteiger partial charge in [-0.3, -0.25) is 0 Å². The summed E-state index contributed by atoms with van der Waals surface area (Å²) in [5.74, 6) is 0.301. The molecule has 1 nitrogen and oxygen atoms in total. The molecular weight excluding hydrogens is 237 g/mol. The molecule has 1 aliphatic carbocycles. The minimum atomic E-state index is -0.350. The molecule has 1 saturated carbocycles. The zero-order valence-electron chi connectivity index (χ0n) is 9.96. The molecule has 0 spiro atoms. The Labute approximate surface area is 107 Å². The van der Waals surface area contributed by atoms with Gasteiger partial charge in [0.05, 0.1) is 5.02 Å². The SMILES string of the molecule is NC(CC1CCCCC1)c1cccc(Cl)c1F. The lowest BCUT2D eigenvalue weighted by Crippen LogP contribution is -2.18. The van der Waals surface area contributed by atoms with Crippen LogP contribution in [-0.2, 0) is 0 Å². The predicted octanol–water partition coefficient (Wildman–Crippen LogP) is 4.45. The lowest BCUT2D eigenvalue weighted by molar-refractivity contribution is 0.317. The largest absolute Gasteiger partial charge is 0.324 e. The van der Waals surface area contributed by atoms with Gasteiger partial charge in [-0.05, 0) is 18.4 Å². The number of hydrogen-bond acceptors (Lipinski definition) is 1. The van der Waals surface area contributed by atoms with Crippen LogP contribution in [0.4, 0.5) is 4.39 Å². The summed E-state index contributed by atoms with van der Waals surface area (Å²) in [7, 11) is 0. The Morgan fingerprint density at radius 1 is 1.29 bits per heavy atom. The van der Waals surface area contributed by atoms with E-state index in [9.17, 15) is 4.39 Å². The van der Waals surface area contributed by atoms with Gasteiger partial charge >= 0.3 is 0 Å². The molecular formula is C14H19ClFN. The molecule has 1 atom stereocenters. The third kappa shape index (κ3) is 3.20. The molecule has 94 valence electrons. The highest BCUT2D eigenvalue weighted by Crippen LogP contribution is 2.32. The minimum Gasteiger partial charge on any atom is -0.324 e. The van der Waals surface area contributed by atoms with Gasteiger partial charge in [-0.25, -0.2) is 4.39 Å². The Balaban J connectivity index is 2.03. The minimum absolute atomic E-state index is 0.168. The second-order valence-corrected chi connectivity index (χ2v) is 5.40. The average molecular weight is 256 g/mol. The van der Waals surface area contributed by atoms with E-state index in [2.05, 4.69) is 0 Å². The van der Waals surface area contributed by atoms with Gasteiger partial charge < -0.3 is 5.73 Å². The highest BCUT2D eigenvalue weighted by atomic mass is 35.5. The van der Waals surface area contributed by atoms with Crippen molar-refractivity contribution in [2.45, 2.75) is 44.6 Å². The van der Waals surface area contributed by atoms with E-state index in [0.29, 0.717) is 11.5 Å². The van der Waals surface area contributed by atoms with E-state index in [0.717, 1.165) is 6.42 Å². The first kappa shape index (κ1) is 12.8. The van der Waals surface area contributed by atoms with Crippen LogP contribution in [0.25, 0.3) is 0 Å². The van der Waals surface area contributed by atoms with E-state index >= 15 is 0 Å². The molecule has 2 N–H and O–H groups in total. The second kappa shape index (κ2) is 5.83. The molecule has 0 amide bonds. The Hall–Kier alpha value is -0.600. The highest BCUT2D eigenvalue weighted by Gasteiger charge is 2.20. The molecule has 0 aromatic heterocycles. The van der Waals surface area contributed by atoms with Crippen LogP contribution >= 0.6 is 11.6 Å². The van der Waals surface area contributed by atoms with Crippen LogP contribution in [0.2, 0.25) is 5.02 Å². The summed E-state index contributed by atoms with van der Waals surface area (Å²) in [5.41, 5.74) is 6.66. The first-order chi connectivity index (χ1) is 8.18. The molecule has 1 aromatic rings. The zero-order valence-corrected chi connectivity index (χ0v) is 10.7. The van der Waals surface area contributed by atoms with Crippen molar-refractivity contribution in [3.63, 3.8) is 0 Å². The highest BCUT2D eigenvalue weighted by molar-refractivity contribution is 6.30. The maximum Gasteiger partial charge on any atom is 0.146 e. The zero-order chi connectivity index (χ0) is 12.3. The van der Waals surface area contributed by atoms with Crippen LogP contribution in [-0.4, -0.2) is 0 Å². The molecule has 3 heteroatoms. The fourth-order valence-corrected chi connectivity index (χ4v) is 2.90. The Kier molecular flexibility index (Phi) is 4.41. The molecule has 2 rings (SSSR count). The van der Waals surface area contributed by atoms with Crippen molar-refractivity contribution in [3.05, 3.63) is 34.6 Å². The molecule has 1 aromatic carbocycles. The monoisotopic (exact) mass is 255 g/mol. The van der Waals surface area contributed by atoms with Crippen LogP contribution in [0.15, 0.2) is 18.2 Å². The predicted molar refractivity (Wildman–Crippen MR) is 69.5 cm³/mol. The summed E-state index contributed by atoms with van der Waals surface area (Å²) in [6.45, 7) is 0. The summed E-state index contributed by atoms with van der Waals surface area (Å²) < 4.78 is 13.8. The summed E-state index contributed by atoms with van der Waals surface area (Å²) in [4.78, 5) is 0. The van der Waals surface area contributed by atoms with Crippen molar-refractivity contribution in [2.75, 3.05) is 0 Å². The van der Waals surface area contributed by atoms with E-state index in [1.807, 2.05) is 0 Å². The molecule has 1 aliphatic rings. The normalized spacial score (nSPS) is 19.2. The third-order valence-electron chi connectivity index (χ3n) is 3.69.